The molecule has 0 unspecified atom stereocenters. The Bertz CT molecular complexity index is 779. The van der Waals surface area contributed by atoms with Crippen molar-refractivity contribution in [3.8, 4) is 11.5 Å². The number of aromatic nitrogens is 1. The number of ether oxygens (including phenoxy) is 2. The number of carboxylic acids is 1. The van der Waals surface area contributed by atoms with E-state index in [9.17, 15) is 14.7 Å². The number of anilines is 1. The minimum atomic E-state index is -1.30. The Morgan fingerprint density at radius 3 is 2.52 bits per heavy atom. The molecule has 0 atom stereocenters. The van der Waals surface area contributed by atoms with Crippen LogP contribution in [0.1, 0.15) is 17.3 Å². The average molecular weight is 292 g/mol. The largest absolute Gasteiger partial charge is 0.494 e. The van der Waals surface area contributed by atoms with Crippen molar-refractivity contribution in [2.24, 2.45) is 0 Å². The molecule has 1 aromatic carbocycles. The van der Waals surface area contributed by atoms with Gasteiger partial charge in [-0.1, -0.05) is 0 Å². The molecule has 7 heteroatoms. The Balaban J connectivity index is 3.13. The van der Waals surface area contributed by atoms with Gasteiger partial charge in [-0.25, -0.2) is 4.79 Å². The van der Waals surface area contributed by atoms with Crippen LogP contribution in [0.15, 0.2) is 17.1 Å². The lowest BCUT2D eigenvalue weighted by Crippen LogP contribution is -2.20. The van der Waals surface area contributed by atoms with Crippen LogP contribution in [-0.4, -0.2) is 29.9 Å². The number of methoxy groups -OCH3 is 2. The smallest absolute Gasteiger partial charge is 0.341 e. The number of aromatic carboxylic acids is 1. The van der Waals surface area contributed by atoms with E-state index in [2.05, 4.69) is 0 Å². The minimum Gasteiger partial charge on any atom is -0.494 e. The Hall–Kier alpha value is -2.70. The highest BCUT2D eigenvalue weighted by molar-refractivity contribution is 5.99. The SMILES string of the molecule is CCn1cc(C(=O)O)c(=O)c2c(OC)c(N)cc(OC)c21. The van der Waals surface area contributed by atoms with Crippen molar-refractivity contribution in [1.29, 1.82) is 0 Å². The van der Waals surface area contributed by atoms with Crippen molar-refractivity contribution < 1.29 is 19.4 Å². The van der Waals surface area contributed by atoms with Crippen LogP contribution in [0.4, 0.5) is 5.69 Å². The monoisotopic (exact) mass is 292 g/mol. The molecule has 2 aromatic rings. The maximum absolute atomic E-state index is 12.5. The highest BCUT2D eigenvalue weighted by atomic mass is 16.5. The number of nitrogen functional groups attached to an aromatic ring is 1. The molecule has 0 amide bonds. The lowest BCUT2D eigenvalue weighted by Gasteiger charge is -2.17. The first-order valence-corrected chi connectivity index (χ1v) is 6.27. The molecule has 1 aromatic heterocycles. The third-order valence-electron chi connectivity index (χ3n) is 3.29. The van der Waals surface area contributed by atoms with Gasteiger partial charge in [0, 0.05) is 18.8 Å². The quantitative estimate of drug-likeness (QED) is 0.824. The van der Waals surface area contributed by atoms with E-state index in [1.807, 2.05) is 6.92 Å². The van der Waals surface area contributed by atoms with Crippen molar-refractivity contribution in [3.63, 3.8) is 0 Å². The number of nitrogens with zero attached hydrogens (tertiary/aromatic N) is 1. The fourth-order valence-corrected chi connectivity index (χ4v) is 2.34. The van der Waals surface area contributed by atoms with Crippen LogP contribution < -0.4 is 20.6 Å². The zero-order chi connectivity index (χ0) is 15.7. The predicted octanol–water partition coefficient (Wildman–Crippen LogP) is 1.32. The van der Waals surface area contributed by atoms with Gasteiger partial charge >= 0.3 is 5.97 Å². The van der Waals surface area contributed by atoms with Gasteiger partial charge < -0.3 is 24.9 Å². The van der Waals surface area contributed by atoms with Crippen LogP contribution in [0.2, 0.25) is 0 Å². The van der Waals surface area contributed by atoms with Gasteiger partial charge in [-0.15, -0.1) is 0 Å². The number of carbonyl (C=O) groups is 1. The zero-order valence-corrected chi connectivity index (χ0v) is 12.0. The van der Waals surface area contributed by atoms with Gasteiger partial charge in [-0.05, 0) is 6.92 Å². The summed E-state index contributed by atoms with van der Waals surface area (Å²) in [7, 11) is 2.83. The van der Waals surface area contributed by atoms with E-state index >= 15 is 0 Å². The van der Waals surface area contributed by atoms with Crippen molar-refractivity contribution in [3.05, 3.63) is 28.0 Å². The maximum Gasteiger partial charge on any atom is 0.341 e. The first-order chi connectivity index (χ1) is 9.96. The second-order valence-electron chi connectivity index (χ2n) is 4.39. The van der Waals surface area contributed by atoms with Crippen LogP contribution in [-0.2, 0) is 6.54 Å². The van der Waals surface area contributed by atoms with Gasteiger partial charge in [-0.3, -0.25) is 4.79 Å². The van der Waals surface area contributed by atoms with Gasteiger partial charge in [0.25, 0.3) is 0 Å². The molecule has 0 aliphatic carbocycles. The van der Waals surface area contributed by atoms with E-state index in [-0.39, 0.29) is 22.4 Å². The number of fused-ring (bicyclic) bond motifs is 1. The lowest BCUT2D eigenvalue weighted by molar-refractivity contribution is 0.0695. The number of benzene rings is 1. The Morgan fingerprint density at radius 1 is 1.38 bits per heavy atom. The summed E-state index contributed by atoms with van der Waals surface area (Å²) in [5.74, 6) is -0.757. The molecule has 7 nitrogen and oxygen atoms in total. The molecule has 112 valence electrons. The van der Waals surface area contributed by atoms with E-state index in [0.717, 1.165) is 0 Å². The fraction of sp³-hybridized carbons (Fsp3) is 0.286. The summed E-state index contributed by atoms with van der Waals surface area (Å²) in [5, 5.41) is 9.30. The third kappa shape index (κ3) is 2.16. The van der Waals surface area contributed by atoms with Gasteiger partial charge in [-0.2, -0.15) is 0 Å². The summed E-state index contributed by atoms with van der Waals surface area (Å²) < 4.78 is 12.1. The average Bonchev–Trinajstić information content (AvgIpc) is 2.46. The van der Waals surface area contributed by atoms with Crippen molar-refractivity contribution in [2.45, 2.75) is 13.5 Å². The number of rotatable bonds is 4. The van der Waals surface area contributed by atoms with Crippen LogP contribution in [0.3, 0.4) is 0 Å². The fourth-order valence-electron chi connectivity index (χ4n) is 2.34. The summed E-state index contributed by atoms with van der Waals surface area (Å²) in [6.45, 7) is 2.29. The standard InChI is InChI=1S/C14H16N2O5/c1-4-16-6-7(14(18)19)12(17)10-11(16)9(20-2)5-8(15)13(10)21-3/h5-6H,4,15H2,1-3H3,(H,18,19). The molecule has 0 aliphatic heterocycles. The second-order valence-corrected chi connectivity index (χ2v) is 4.39. The highest BCUT2D eigenvalue weighted by Crippen LogP contribution is 2.36. The molecule has 0 saturated heterocycles. The number of aryl methyl sites for hydroxylation is 1. The Labute approximate surface area is 120 Å². The second kappa shape index (κ2) is 5.35. The number of hydrogen-bond acceptors (Lipinski definition) is 5. The number of hydrogen-bond donors (Lipinski definition) is 2. The molecule has 0 spiro atoms. The van der Waals surface area contributed by atoms with Gasteiger partial charge in [0.1, 0.15) is 11.3 Å². The molecule has 0 fully saturated rings. The lowest BCUT2D eigenvalue weighted by atomic mass is 10.1. The molecule has 0 bridgehead atoms. The molecule has 2 rings (SSSR count). The van der Waals surface area contributed by atoms with Crippen molar-refractivity contribution in [1.82, 2.24) is 4.57 Å². The first kappa shape index (κ1) is 14.7. The van der Waals surface area contributed by atoms with Crippen LogP contribution in [0, 0.1) is 0 Å². The molecule has 0 aliphatic rings. The highest BCUT2D eigenvalue weighted by Gasteiger charge is 2.22. The predicted molar refractivity (Wildman–Crippen MR) is 78.4 cm³/mol. The normalized spacial score (nSPS) is 10.6. The topological polar surface area (TPSA) is 104 Å². The van der Waals surface area contributed by atoms with Gasteiger partial charge in [0.2, 0.25) is 5.43 Å². The van der Waals surface area contributed by atoms with E-state index in [4.69, 9.17) is 15.2 Å². The summed E-state index contributed by atoms with van der Waals surface area (Å²) in [6.07, 6.45) is 1.30. The van der Waals surface area contributed by atoms with Crippen molar-refractivity contribution in [2.75, 3.05) is 20.0 Å². The molecule has 0 radical (unpaired) electrons. The van der Waals surface area contributed by atoms with E-state index < -0.39 is 11.4 Å². The first-order valence-electron chi connectivity index (χ1n) is 6.27. The third-order valence-corrected chi connectivity index (χ3v) is 3.29. The number of carboxylic acid groups (broad SMARTS) is 1. The van der Waals surface area contributed by atoms with Crippen LogP contribution in [0.25, 0.3) is 10.9 Å². The van der Waals surface area contributed by atoms with E-state index in [1.165, 1.54) is 20.4 Å². The molecule has 21 heavy (non-hydrogen) atoms. The minimum absolute atomic E-state index is 0.108. The van der Waals surface area contributed by atoms with Crippen LogP contribution >= 0.6 is 0 Å². The number of nitrogens with two attached hydrogens (primary N) is 1. The van der Waals surface area contributed by atoms with Crippen molar-refractivity contribution >= 4 is 22.6 Å². The summed E-state index contributed by atoms with van der Waals surface area (Å²) in [5.41, 5.74) is 5.54. The van der Waals surface area contributed by atoms with Gasteiger partial charge in [0.05, 0.1) is 30.8 Å². The Kier molecular flexibility index (Phi) is 3.75. The van der Waals surface area contributed by atoms with E-state index in [1.54, 1.807) is 10.6 Å². The molecule has 1 heterocycles. The summed E-state index contributed by atoms with van der Waals surface area (Å²) in [4.78, 5) is 23.7. The molecular weight excluding hydrogens is 276 g/mol. The summed E-state index contributed by atoms with van der Waals surface area (Å²) in [6, 6.07) is 1.55. The Morgan fingerprint density at radius 2 is 2.05 bits per heavy atom. The molecular formula is C14H16N2O5. The maximum atomic E-state index is 12.5. The zero-order valence-electron chi connectivity index (χ0n) is 12.0. The number of pyridine rings is 1. The molecule has 3 N–H and O–H groups in total. The summed E-state index contributed by atoms with van der Waals surface area (Å²) >= 11 is 0. The van der Waals surface area contributed by atoms with Gasteiger partial charge in [0.15, 0.2) is 5.75 Å². The van der Waals surface area contributed by atoms with E-state index in [0.29, 0.717) is 17.8 Å². The molecule has 0 saturated carbocycles. The van der Waals surface area contributed by atoms with Crippen LogP contribution in [0.5, 0.6) is 11.5 Å².